The van der Waals surface area contributed by atoms with Crippen LogP contribution in [-0.4, -0.2) is 118 Å². The zero-order chi connectivity index (χ0) is 27.8. The van der Waals surface area contributed by atoms with Gasteiger partial charge in [-0.25, -0.2) is 19.3 Å². The molecule has 0 spiro atoms. The first-order valence-corrected chi connectivity index (χ1v) is 12.7. The molecule has 1 aromatic rings. The lowest BCUT2D eigenvalue weighted by Gasteiger charge is -2.35. The van der Waals surface area contributed by atoms with Crippen LogP contribution in [0.5, 0.6) is 0 Å². The molecular formula is C23H34F3N7O4S. The Labute approximate surface area is 225 Å². The number of hydroxylamine groups is 2. The number of hydrogen-bond donors (Lipinski definition) is 2. The molecule has 2 saturated heterocycles. The van der Waals surface area contributed by atoms with E-state index in [0.717, 1.165) is 26.2 Å². The highest BCUT2D eigenvalue weighted by molar-refractivity contribution is 7.80. The van der Waals surface area contributed by atoms with Crippen molar-refractivity contribution < 1.29 is 32.3 Å². The lowest BCUT2D eigenvalue weighted by molar-refractivity contribution is -0.132. The molecule has 0 bridgehead atoms. The molecule has 38 heavy (non-hydrogen) atoms. The fourth-order valence-electron chi connectivity index (χ4n) is 4.10. The number of alkyl halides is 2. The van der Waals surface area contributed by atoms with Crippen molar-refractivity contribution in [3.8, 4) is 0 Å². The van der Waals surface area contributed by atoms with Gasteiger partial charge in [0, 0.05) is 39.3 Å². The maximum absolute atomic E-state index is 15.2. The second kappa shape index (κ2) is 13.8. The van der Waals surface area contributed by atoms with Crippen LogP contribution < -0.4 is 20.5 Å². The molecule has 1 aromatic carbocycles. The average molecular weight is 562 g/mol. The van der Waals surface area contributed by atoms with Gasteiger partial charge >= 0.3 is 12.5 Å². The van der Waals surface area contributed by atoms with Crippen molar-refractivity contribution in [3.63, 3.8) is 0 Å². The molecule has 15 heteroatoms. The minimum atomic E-state index is -3.16. The van der Waals surface area contributed by atoms with Gasteiger partial charge in [0.1, 0.15) is 11.9 Å². The van der Waals surface area contributed by atoms with Crippen LogP contribution in [0.4, 0.5) is 29.3 Å². The van der Waals surface area contributed by atoms with Crippen LogP contribution in [0.15, 0.2) is 18.2 Å². The fourth-order valence-corrected chi connectivity index (χ4v) is 4.39. The minimum absolute atomic E-state index is 0.0147. The fraction of sp³-hybridized carbons (Fsp3) is 0.609. The molecule has 3 rings (SSSR count). The SMILES string of the molecule is CCN(CCN(OC)C(=S)NN1CCN(C)CC1)c1ccc(N2C[C@H](CNC(=O)C(F)F)OC2=O)cc1F. The largest absolute Gasteiger partial charge is 0.442 e. The number of benzene rings is 1. The standard InChI is InChI=1S/C23H34F3N7O4S/c1-4-30(9-12-33(36-3)22(38)28-31-10-7-29(2)8-11-31)19-6-5-16(13-18(19)24)32-15-17(37-23(32)35)14-27-21(34)20(25)26/h5-6,13,17,20H,4,7-12,14-15H2,1-3H3,(H,27,34)(H,28,38)/t17-/m0/s1. The predicted molar refractivity (Wildman–Crippen MR) is 139 cm³/mol. The Bertz CT molecular complexity index is 984. The number of hydrazine groups is 1. The summed E-state index contributed by atoms with van der Waals surface area (Å²) in [4.78, 5) is 34.0. The summed E-state index contributed by atoms with van der Waals surface area (Å²) in [5.41, 5.74) is 3.77. The first kappa shape index (κ1) is 29.7. The third kappa shape index (κ3) is 7.82. The highest BCUT2D eigenvalue weighted by atomic mass is 32.1. The molecule has 2 amide bonds. The Hall–Kier alpha value is -2.88. The van der Waals surface area contributed by atoms with Crippen LogP contribution in [0.3, 0.4) is 0 Å². The highest BCUT2D eigenvalue weighted by Gasteiger charge is 2.33. The number of nitrogens with one attached hydrogen (secondary N) is 2. The van der Waals surface area contributed by atoms with E-state index < -0.39 is 30.3 Å². The van der Waals surface area contributed by atoms with Gasteiger partial charge in [0.25, 0.3) is 5.91 Å². The summed E-state index contributed by atoms with van der Waals surface area (Å²) < 4.78 is 45.0. The van der Waals surface area contributed by atoms with Crippen LogP contribution in [0.2, 0.25) is 0 Å². The summed E-state index contributed by atoms with van der Waals surface area (Å²) in [6, 6.07) is 4.36. The van der Waals surface area contributed by atoms with Crippen molar-refractivity contribution >= 4 is 40.7 Å². The molecule has 2 fully saturated rings. The molecular weight excluding hydrogens is 527 g/mol. The number of halogens is 3. The highest BCUT2D eigenvalue weighted by Crippen LogP contribution is 2.28. The maximum Gasteiger partial charge on any atom is 0.414 e. The lowest BCUT2D eigenvalue weighted by atomic mass is 10.2. The van der Waals surface area contributed by atoms with Gasteiger partial charge in [-0.2, -0.15) is 8.78 Å². The van der Waals surface area contributed by atoms with Gasteiger partial charge in [0.2, 0.25) is 5.11 Å². The lowest BCUT2D eigenvalue weighted by Crippen LogP contribution is -2.56. The van der Waals surface area contributed by atoms with Crippen molar-refractivity contribution in [2.75, 3.05) is 82.9 Å². The van der Waals surface area contributed by atoms with E-state index in [9.17, 15) is 18.4 Å². The van der Waals surface area contributed by atoms with E-state index in [1.165, 1.54) is 23.1 Å². The van der Waals surface area contributed by atoms with E-state index in [-0.39, 0.29) is 18.8 Å². The summed E-state index contributed by atoms with van der Waals surface area (Å²) in [5.74, 6) is -1.99. The van der Waals surface area contributed by atoms with Crippen molar-refractivity contribution in [1.29, 1.82) is 0 Å². The Morgan fingerprint density at radius 3 is 2.58 bits per heavy atom. The number of rotatable bonds is 11. The van der Waals surface area contributed by atoms with Crippen LogP contribution in [-0.2, 0) is 14.4 Å². The summed E-state index contributed by atoms with van der Waals surface area (Å²) in [6.45, 7) is 6.38. The van der Waals surface area contributed by atoms with Crippen LogP contribution in [0.25, 0.3) is 0 Å². The number of anilines is 2. The van der Waals surface area contributed by atoms with E-state index in [4.69, 9.17) is 21.8 Å². The Morgan fingerprint density at radius 1 is 1.26 bits per heavy atom. The number of cyclic esters (lactones) is 1. The molecule has 1 atom stereocenters. The second-order valence-electron chi connectivity index (χ2n) is 8.87. The van der Waals surface area contributed by atoms with Gasteiger partial charge in [-0.15, -0.1) is 0 Å². The first-order chi connectivity index (χ1) is 18.1. The number of ether oxygens (including phenoxy) is 1. The number of carbonyl (C=O) groups is 2. The number of hydrogen-bond acceptors (Lipinski definition) is 8. The van der Waals surface area contributed by atoms with Gasteiger partial charge in [-0.1, -0.05) is 0 Å². The Morgan fingerprint density at radius 2 is 1.97 bits per heavy atom. The zero-order valence-corrected chi connectivity index (χ0v) is 22.5. The van der Waals surface area contributed by atoms with E-state index in [0.29, 0.717) is 30.4 Å². The van der Waals surface area contributed by atoms with Crippen molar-refractivity contribution in [1.82, 2.24) is 25.7 Å². The molecule has 2 aliphatic heterocycles. The molecule has 0 saturated carbocycles. The van der Waals surface area contributed by atoms with Gasteiger partial charge in [-0.05, 0) is 44.4 Å². The first-order valence-electron chi connectivity index (χ1n) is 12.3. The quantitative estimate of drug-likeness (QED) is 0.304. The molecule has 2 aliphatic rings. The minimum Gasteiger partial charge on any atom is -0.442 e. The number of piperazine rings is 1. The molecule has 212 valence electrons. The number of likely N-dealkylation sites (N-methyl/N-ethyl adjacent to an activating group) is 2. The van der Waals surface area contributed by atoms with Crippen LogP contribution >= 0.6 is 12.2 Å². The van der Waals surface area contributed by atoms with Gasteiger partial charge < -0.3 is 19.9 Å². The molecule has 0 aromatic heterocycles. The van der Waals surface area contributed by atoms with Crippen molar-refractivity contribution in [2.45, 2.75) is 19.5 Å². The third-order valence-corrected chi connectivity index (χ3v) is 6.61. The molecule has 11 nitrogen and oxygen atoms in total. The maximum atomic E-state index is 15.2. The average Bonchev–Trinajstić information content (AvgIpc) is 3.27. The van der Waals surface area contributed by atoms with E-state index in [1.807, 2.05) is 22.1 Å². The molecule has 0 radical (unpaired) electrons. The zero-order valence-electron chi connectivity index (χ0n) is 21.7. The number of amides is 2. The molecule has 2 heterocycles. The summed E-state index contributed by atoms with van der Waals surface area (Å²) in [6.07, 6.45) is -4.74. The Balaban J connectivity index is 1.57. The summed E-state index contributed by atoms with van der Waals surface area (Å²) in [5, 5.41) is 6.00. The normalized spacial score (nSPS) is 18.4. The monoisotopic (exact) mass is 561 g/mol. The number of carbonyl (C=O) groups excluding carboxylic acids is 2. The molecule has 2 N–H and O–H groups in total. The number of thiocarbonyl (C=S) groups is 1. The van der Waals surface area contributed by atoms with Crippen molar-refractivity contribution in [3.05, 3.63) is 24.0 Å². The van der Waals surface area contributed by atoms with Crippen LogP contribution in [0, 0.1) is 5.82 Å². The molecule has 0 unspecified atom stereocenters. The van der Waals surface area contributed by atoms with Gasteiger partial charge in [-0.3, -0.25) is 20.0 Å². The topological polar surface area (TPSA) is 92.9 Å². The van der Waals surface area contributed by atoms with Gasteiger partial charge in [0.05, 0.1) is 38.1 Å². The summed E-state index contributed by atoms with van der Waals surface area (Å²) >= 11 is 5.49. The van der Waals surface area contributed by atoms with Gasteiger partial charge in [0.15, 0.2) is 0 Å². The van der Waals surface area contributed by atoms with E-state index in [1.54, 1.807) is 12.1 Å². The number of nitrogens with zero attached hydrogens (tertiary/aromatic N) is 5. The van der Waals surface area contributed by atoms with Crippen molar-refractivity contribution in [2.24, 2.45) is 0 Å². The molecule has 0 aliphatic carbocycles. The smallest absolute Gasteiger partial charge is 0.414 e. The third-order valence-electron chi connectivity index (χ3n) is 6.32. The van der Waals surface area contributed by atoms with E-state index in [2.05, 4.69) is 17.4 Å². The second-order valence-corrected chi connectivity index (χ2v) is 9.26. The predicted octanol–water partition coefficient (Wildman–Crippen LogP) is 1.26. The summed E-state index contributed by atoms with van der Waals surface area (Å²) in [7, 11) is 3.58. The Kier molecular flexibility index (Phi) is 10.8. The van der Waals surface area contributed by atoms with E-state index >= 15 is 4.39 Å². The van der Waals surface area contributed by atoms with Crippen LogP contribution in [0.1, 0.15) is 6.92 Å².